The van der Waals surface area contributed by atoms with E-state index < -0.39 is 8.07 Å². The zero-order valence-corrected chi connectivity index (χ0v) is 14.9. The Morgan fingerprint density at radius 3 is 2.65 bits per heavy atom. The van der Waals surface area contributed by atoms with E-state index in [1.54, 1.807) is 10.8 Å². The fourth-order valence-corrected chi connectivity index (χ4v) is 3.04. The molecule has 1 aliphatic heterocycles. The third-order valence-electron chi connectivity index (χ3n) is 3.31. The highest BCUT2D eigenvalue weighted by Gasteiger charge is 2.20. The van der Waals surface area contributed by atoms with E-state index in [-0.39, 0.29) is 5.56 Å². The standard InChI is InChI=1S/C13H22BrN3O2Si/c1-20(2,3)8-7-19-10-17-9-11(14)15-12(13(17)18)16-5-4-6-16/h9H,4-8,10H2,1-3H3. The molecule has 7 heteroatoms. The van der Waals surface area contributed by atoms with Gasteiger partial charge in [-0.25, -0.2) is 4.98 Å². The summed E-state index contributed by atoms with van der Waals surface area (Å²) < 4.78 is 7.91. The lowest BCUT2D eigenvalue weighted by molar-refractivity contribution is 0.0844. The van der Waals surface area contributed by atoms with Crippen molar-refractivity contribution in [2.45, 2.75) is 38.8 Å². The minimum atomic E-state index is -1.09. The van der Waals surface area contributed by atoms with Crippen LogP contribution >= 0.6 is 15.9 Å². The molecule has 0 amide bonds. The van der Waals surface area contributed by atoms with Gasteiger partial charge in [-0.2, -0.15) is 0 Å². The molecule has 112 valence electrons. The molecule has 0 unspecified atom stereocenters. The zero-order valence-electron chi connectivity index (χ0n) is 12.4. The van der Waals surface area contributed by atoms with E-state index >= 15 is 0 Å². The Morgan fingerprint density at radius 2 is 2.10 bits per heavy atom. The Bertz CT molecular complexity index is 523. The average Bonchev–Trinajstić information content (AvgIpc) is 2.26. The van der Waals surface area contributed by atoms with Crippen LogP contribution in [0.1, 0.15) is 6.42 Å². The van der Waals surface area contributed by atoms with Crippen LogP contribution < -0.4 is 10.5 Å². The third kappa shape index (κ3) is 4.16. The first kappa shape index (κ1) is 15.7. The zero-order chi connectivity index (χ0) is 14.8. The van der Waals surface area contributed by atoms with Crippen LogP contribution in [0.5, 0.6) is 0 Å². The maximum absolute atomic E-state index is 12.3. The van der Waals surface area contributed by atoms with Crippen LogP contribution in [0.2, 0.25) is 25.7 Å². The van der Waals surface area contributed by atoms with Crippen molar-refractivity contribution in [3.05, 3.63) is 21.2 Å². The second-order valence-electron chi connectivity index (χ2n) is 6.35. The van der Waals surface area contributed by atoms with Crippen molar-refractivity contribution in [3.8, 4) is 0 Å². The van der Waals surface area contributed by atoms with Crippen molar-refractivity contribution in [1.29, 1.82) is 0 Å². The first-order valence-electron chi connectivity index (χ1n) is 6.96. The molecule has 5 nitrogen and oxygen atoms in total. The lowest BCUT2D eigenvalue weighted by Crippen LogP contribution is -2.42. The molecule has 2 heterocycles. The molecule has 0 radical (unpaired) electrons. The summed E-state index contributed by atoms with van der Waals surface area (Å²) in [6.45, 7) is 9.77. The van der Waals surface area contributed by atoms with Crippen LogP contribution in [0.15, 0.2) is 15.6 Å². The molecule has 0 N–H and O–H groups in total. The molecule has 1 aromatic rings. The van der Waals surface area contributed by atoms with Crippen molar-refractivity contribution < 1.29 is 4.74 Å². The van der Waals surface area contributed by atoms with Crippen LogP contribution in [0, 0.1) is 0 Å². The van der Waals surface area contributed by atoms with Gasteiger partial charge in [0.15, 0.2) is 5.82 Å². The molecule has 0 aromatic carbocycles. The molecule has 20 heavy (non-hydrogen) atoms. The second-order valence-corrected chi connectivity index (χ2v) is 12.8. The van der Waals surface area contributed by atoms with E-state index in [1.807, 2.05) is 4.90 Å². The molecule has 0 atom stereocenters. The van der Waals surface area contributed by atoms with Crippen LogP contribution in [0.25, 0.3) is 0 Å². The van der Waals surface area contributed by atoms with Gasteiger partial charge in [0.2, 0.25) is 0 Å². The molecule has 0 bridgehead atoms. The quantitative estimate of drug-likeness (QED) is 0.578. The van der Waals surface area contributed by atoms with Gasteiger partial charge in [-0.15, -0.1) is 0 Å². The first-order chi connectivity index (χ1) is 9.37. The highest BCUT2D eigenvalue weighted by Crippen LogP contribution is 2.16. The molecule has 1 aromatic heterocycles. The van der Waals surface area contributed by atoms with E-state index in [0.29, 0.717) is 23.8 Å². The van der Waals surface area contributed by atoms with Crippen LogP contribution in [-0.2, 0) is 11.5 Å². The minimum absolute atomic E-state index is 0.0686. The van der Waals surface area contributed by atoms with Crippen LogP contribution in [0.3, 0.4) is 0 Å². The third-order valence-corrected chi connectivity index (χ3v) is 5.40. The largest absolute Gasteiger partial charge is 0.361 e. The Balaban J connectivity index is 2.00. The first-order valence-corrected chi connectivity index (χ1v) is 11.5. The number of rotatable bonds is 6. The number of hydrogen-bond acceptors (Lipinski definition) is 4. The summed E-state index contributed by atoms with van der Waals surface area (Å²) in [6, 6.07) is 1.10. The number of anilines is 1. The smallest absolute Gasteiger partial charge is 0.295 e. The molecule has 1 saturated heterocycles. The fourth-order valence-electron chi connectivity index (χ4n) is 1.86. The van der Waals surface area contributed by atoms with Gasteiger partial charge in [0.25, 0.3) is 5.56 Å². The molecule has 0 spiro atoms. The predicted octanol–water partition coefficient (Wildman–Crippen LogP) is 2.53. The van der Waals surface area contributed by atoms with Gasteiger partial charge < -0.3 is 9.64 Å². The summed E-state index contributed by atoms with van der Waals surface area (Å²) in [5.74, 6) is 0.527. The summed E-state index contributed by atoms with van der Waals surface area (Å²) in [6.07, 6.45) is 2.82. The lowest BCUT2D eigenvalue weighted by Gasteiger charge is -2.31. The molecule has 0 saturated carbocycles. The normalized spacial score (nSPS) is 15.3. The Labute approximate surface area is 129 Å². The molecule has 0 aliphatic carbocycles. The van der Waals surface area contributed by atoms with Crippen molar-refractivity contribution in [1.82, 2.24) is 9.55 Å². The summed E-state index contributed by atoms with van der Waals surface area (Å²) in [4.78, 5) is 18.6. The van der Waals surface area contributed by atoms with Crippen molar-refractivity contribution in [2.75, 3.05) is 24.6 Å². The maximum atomic E-state index is 12.3. The van der Waals surface area contributed by atoms with Gasteiger partial charge >= 0.3 is 0 Å². The number of halogens is 1. The van der Waals surface area contributed by atoms with Gasteiger partial charge in [0.05, 0.1) is 0 Å². The molecule has 1 aliphatic rings. The number of ether oxygens (including phenoxy) is 1. The molecular weight excluding hydrogens is 338 g/mol. The second kappa shape index (κ2) is 6.40. The Kier molecular flexibility index (Phi) is 5.03. The minimum Gasteiger partial charge on any atom is -0.361 e. The van der Waals surface area contributed by atoms with E-state index in [1.165, 1.54) is 0 Å². The van der Waals surface area contributed by atoms with Gasteiger partial charge in [0.1, 0.15) is 11.3 Å². The van der Waals surface area contributed by atoms with E-state index in [9.17, 15) is 4.79 Å². The van der Waals surface area contributed by atoms with Crippen molar-refractivity contribution in [2.24, 2.45) is 0 Å². The van der Waals surface area contributed by atoms with Gasteiger partial charge in [0, 0.05) is 34.0 Å². The lowest BCUT2D eigenvalue weighted by atomic mass is 10.2. The van der Waals surface area contributed by atoms with Crippen LogP contribution in [-0.4, -0.2) is 37.3 Å². The SMILES string of the molecule is C[Si](C)(C)CCOCn1cc(Br)nc(N2CCC2)c1=O. The van der Waals surface area contributed by atoms with Crippen molar-refractivity contribution >= 4 is 29.8 Å². The van der Waals surface area contributed by atoms with Crippen molar-refractivity contribution in [3.63, 3.8) is 0 Å². The fraction of sp³-hybridized carbons (Fsp3) is 0.692. The summed E-state index contributed by atoms with van der Waals surface area (Å²) in [7, 11) is -1.09. The van der Waals surface area contributed by atoms with Gasteiger partial charge in [-0.3, -0.25) is 9.36 Å². The molecule has 2 rings (SSSR count). The highest BCUT2D eigenvalue weighted by molar-refractivity contribution is 9.10. The van der Waals surface area contributed by atoms with E-state index in [2.05, 4.69) is 40.6 Å². The van der Waals surface area contributed by atoms with E-state index in [4.69, 9.17) is 4.74 Å². The van der Waals surface area contributed by atoms with E-state index in [0.717, 1.165) is 25.6 Å². The predicted molar refractivity (Wildman–Crippen MR) is 87.1 cm³/mol. The number of nitrogens with zero attached hydrogens (tertiary/aromatic N) is 3. The average molecular weight is 360 g/mol. The van der Waals surface area contributed by atoms with Gasteiger partial charge in [-0.1, -0.05) is 19.6 Å². The Hall–Kier alpha value is -0.663. The van der Waals surface area contributed by atoms with Crippen LogP contribution in [0.4, 0.5) is 5.82 Å². The molecule has 1 fully saturated rings. The summed E-state index contributed by atoms with van der Waals surface area (Å²) in [5, 5.41) is 0. The monoisotopic (exact) mass is 359 g/mol. The molecular formula is C13H22BrN3O2Si. The summed E-state index contributed by atoms with van der Waals surface area (Å²) >= 11 is 3.36. The maximum Gasteiger partial charge on any atom is 0.295 e. The number of aromatic nitrogens is 2. The highest BCUT2D eigenvalue weighted by atomic mass is 79.9. The topological polar surface area (TPSA) is 47.4 Å². The number of hydrogen-bond donors (Lipinski definition) is 0. The summed E-state index contributed by atoms with van der Waals surface area (Å²) in [5.41, 5.74) is -0.0686. The van der Waals surface area contributed by atoms with Gasteiger partial charge in [-0.05, 0) is 28.4 Å². The Morgan fingerprint density at radius 1 is 1.40 bits per heavy atom.